The number of nitrogens with zero attached hydrogens (tertiary/aromatic N) is 3. The molecular weight excluding hydrogens is 726 g/mol. The number of pyridine rings is 2. The second-order valence-electron chi connectivity index (χ2n) is 9.33. The molecule has 0 saturated heterocycles. The van der Waals surface area contributed by atoms with Gasteiger partial charge in [0.05, 0.1) is 68.2 Å². The number of hydrogen-bond donors (Lipinski definition) is 1. The molecule has 2 aromatic carbocycles. The van der Waals surface area contributed by atoms with Crippen LogP contribution in [0.1, 0.15) is 31.8 Å². The number of methoxy groups -OCH3 is 2. The number of nitrogens with one attached hydrogen (secondary N) is 1. The van der Waals surface area contributed by atoms with E-state index in [0.717, 1.165) is 22.9 Å². The minimum Gasteiger partial charge on any atom is -0.465 e. The van der Waals surface area contributed by atoms with E-state index in [9.17, 15) is 35.2 Å². The number of alkyl halides is 1. The van der Waals surface area contributed by atoms with Crippen LogP contribution in [0.15, 0.2) is 85.5 Å². The molecule has 0 aliphatic heterocycles. The van der Waals surface area contributed by atoms with Crippen molar-refractivity contribution in [2.45, 2.75) is 11.9 Å². The zero-order valence-corrected chi connectivity index (χ0v) is 28.8. The van der Waals surface area contributed by atoms with Gasteiger partial charge >= 0.3 is 11.9 Å². The predicted molar refractivity (Wildman–Crippen MR) is 176 cm³/mol. The molecule has 0 amide bonds. The monoisotopic (exact) mass is 756 g/mol. The lowest BCUT2D eigenvalue weighted by Gasteiger charge is -2.22. The average molecular weight is 758 g/mol. The summed E-state index contributed by atoms with van der Waals surface area (Å²) in [5.41, 5.74) is 1.74. The van der Waals surface area contributed by atoms with E-state index in [-0.39, 0.29) is 23.2 Å². The molecule has 0 aliphatic rings. The molecule has 0 saturated carbocycles. The van der Waals surface area contributed by atoms with Crippen molar-refractivity contribution in [3.8, 4) is 0 Å². The quantitative estimate of drug-likeness (QED) is 0.183. The summed E-state index contributed by atoms with van der Waals surface area (Å²) in [5.74, 6) is -2.28. The molecule has 1 N–H and O–H groups in total. The van der Waals surface area contributed by atoms with E-state index in [1.54, 1.807) is 36.5 Å². The third kappa shape index (κ3) is 13.0. The van der Waals surface area contributed by atoms with Gasteiger partial charge in [-0.05, 0) is 54.1 Å². The number of esters is 2. The zero-order valence-electron chi connectivity index (χ0n) is 25.6. The van der Waals surface area contributed by atoms with E-state index in [1.807, 2.05) is 0 Å². The van der Waals surface area contributed by atoms with Gasteiger partial charge in [0.1, 0.15) is 11.6 Å². The molecule has 0 fully saturated rings. The van der Waals surface area contributed by atoms with E-state index in [1.165, 1.54) is 57.1 Å². The first-order valence-electron chi connectivity index (χ1n) is 13.1. The van der Waals surface area contributed by atoms with Gasteiger partial charge in [0, 0.05) is 23.3 Å². The second-order valence-corrected chi connectivity index (χ2v) is 13.5. The Bertz CT molecular complexity index is 1870. The molecule has 2 heterocycles. The Morgan fingerprint density at radius 2 is 1.32 bits per heavy atom. The summed E-state index contributed by atoms with van der Waals surface area (Å²) < 4.78 is 84.8. The van der Waals surface area contributed by atoms with Gasteiger partial charge in [-0.2, -0.15) is 0 Å². The Morgan fingerprint density at radius 3 is 1.70 bits per heavy atom. The molecule has 0 aliphatic carbocycles. The molecule has 0 spiro atoms. The molecule has 17 heteroatoms. The molecule has 47 heavy (non-hydrogen) atoms. The fourth-order valence-electron chi connectivity index (χ4n) is 3.51. The van der Waals surface area contributed by atoms with Crippen LogP contribution in [0.2, 0.25) is 0 Å². The fraction of sp³-hybridized carbons (Fsp3) is 0.200. The number of halogens is 3. The molecular formula is C30H31BrF2N4O8S2. The van der Waals surface area contributed by atoms with E-state index >= 15 is 0 Å². The molecule has 4 aromatic rings. The lowest BCUT2D eigenvalue weighted by atomic mass is 10.1. The third-order valence-electron chi connectivity index (χ3n) is 5.71. The Hall–Kier alpha value is -4.48. The number of anilines is 2. The second kappa shape index (κ2) is 18.0. The summed E-state index contributed by atoms with van der Waals surface area (Å²) in [6.07, 6.45) is 8.03. The summed E-state index contributed by atoms with van der Waals surface area (Å²) in [4.78, 5) is 30.0. The zero-order chi connectivity index (χ0) is 35.2. The number of benzene rings is 2. The highest BCUT2D eigenvalue weighted by Gasteiger charge is 2.20. The minimum absolute atomic E-state index is 0.0565. The van der Waals surface area contributed by atoms with E-state index in [0.29, 0.717) is 22.3 Å². The van der Waals surface area contributed by atoms with Gasteiger partial charge in [0.2, 0.25) is 20.0 Å². The van der Waals surface area contributed by atoms with Crippen LogP contribution < -0.4 is 9.03 Å². The van der Waals surface area contributed by atoms with Crippen LogP contribution >= 0.6 is 15.9 Å². The van der Waals surface area contributed by atoms with E-state index in [2.05, 4.69) is 40.1 Å². The van der Waals surface area contributed by atoms with Crippen molar-refractivity contribution in [3.05, 3.63) is 119 Å². The van der Waals surface area contributed by atoms with Gasteiger partial charge < -0.3 is 9.47 Å². The van der Waals surface area contributed by atoms with Crippen molar-refractivity contribution < 1.29 is 44.7 Å². The Kier molecular flexibility index (Phi) is 14.8. The predicted octanol–water partition coefficient (Wildman–Crippen LogP) is 4.93. The lowest BCUT2D eigenvalue weighted by molar-refractivity contribution is 0.0591. The number of hydrogen-bond acceptors (Lipinski definition) is 10. The molecule has 252 valence electrons. The molecule has 0 radical (unpaired) electrons. The van der Waals surface area contributed by atoms with E-state index in [4.69, 9.17) is 0 Å². The van der Waals surface area contributed by atoms with Gasteiger partial charge in [-0.1, -0.05) is 28.1 Å². The van der Waals surface area contributed by atoms with Gasteiger partial charge in [-0.15, -0.1) is 0 Å². The Balaban J connectivity index is 0.000000270. The van der Waals surface area contributed by atoms with Gasteiger partial charge in [-0.3, -0.25) is 19.0 Å². The molecule has 0 atom stereocenters. The van der Waals surface area contributed by atoms with Crippen molar-refractivity contribution in [3.63, 3.8) is 0 Å². The van der Waals surface area contributed by atoms with Crippen LogP contribution in [0.5, 0.6) is 0 Å². The number of sulfonamides is 2. The fourth-order valence-corrected chi connectivity index (χ4v) is 5.38. The first kappa shape index (κ1) is 38.7. The van der Waals surface area contributed by atoms with Crippen molar-refractivity contribution in [1.29, 1.82) is 0 Å². The Morgan fingerprint density at radius 1 is 0.809 bits per heavy atom. The summed E-state index contributed by atoms with van der Waals surface area (Å²) in [5, 5.41) is 0.431. The normalized spacial score (nSPS) is 10.7. The summed E-state index contributed by atoms with van der Waals surface area (Å²) >= 11 is 3.13. The number of carbonyl (C=O) groups excluding carboxylic acids is 2. The highest BCUT2D eigenvalue weighted by Crippen LogP contribution is 2.21. The average Bonchev–Trinajstić information content (AvgIpc) is 3.03. The molecule has 12 nitrogen and oxygen atoms in total. The number of rotatable bonds is 9. The summed E-state index contributed by atoms with van der Waals surface area (Å²) in [7, 11) is -4.34. The maximum atomic E-state index is 14.2. The van der Waals surface area contributed by atoms with Crippen LogP contribution in [-0.4, -0.2) is 65.5 Å². The minimum atomic E-state index is -3.63. The molecule has 0 bridgehead atoms. The number of aromatic nitrogens is 2. The van der Waals surface area contributed by atoms with Crippen LogP contribution in [0.3, 0.4) is 0 Å². The van der Waals surface area contributed by atoms with Crippen LogP contribution in [0.25, 0.3) is 0 Å². The van der Waals surface area contributed by atoms with E-state index < -0.39 is 43.6 Å². The van der Waals surface area contributed by atoms with Gasteiger partial charge in [0.15, 0.2) is 0 Å². The smallest absolute Gasteiger partial charge is 0.337 e. The molecule has 2 aromatic heterocycles. The highest BCUT2D eigenvalue weighted by atomic mass is 79.9. The number of ether oxygens (including phenoxy) is 2. The first-order chi connectivity index (χ1) is 22.1. The summed E-state index contributed by atoms with van der Waals surface area (Å²) in [6, 6.07) is 14.5. The van der Waals surface area contributed by atoms with Crippen molar-refractivity contribution >= 4 is 59.3 Å². The maximum Gasteiger partial charge on any atom is 0.337 e. The SMILES string of the molecule is COC(=O)c1ccc(CBr)c(F)c1.COC(=O)c1ccc(CN(c2cccnc2)S(C)(=O)=O)c(F)c1.CS(=O)(=O)Nc1cccnc1. The third-order valence-corrected chi connectivity index (χ3v) is 8.06. The van der Waals surface area contributed by atoms with Crippen molar-refractivity contribution in [2.24, 2.45) is 0 Å². The molecule has 0 unspecified atom stereocenters. The summed E-state index contributed by atoms with van der Waals surface area (Å²) in [6.45, 7) is -0.211. The van der Waals surface area contributed by atoms with Crippen LogP contribution in [0.4, 0.5) is 20.2 Å². The molecule has 4 rings (SSSR count). The highest BCUT2D eigenvalue weighted by molar-refractivity contribution is 9.08. The first-order valence-corrected chi connectivity index (χ1v) is 18.0. The van der Waals surface area contributed by atoms with Crippen LogP contribution in [-0.2, 0) is 41.4 Å². The number of carbonyl (C=O) groups is 2. The van der Waals surface area contributed by atoms with Crippen molar-refractivity contribution in [1.82, 2.24) is 9.97 Å². The van der Waals surface area contributed by atoms with Gasteiger partial charge in [-0.25, -0.2) is 35.2 Å². The van der Waals surface area contributed by atoms with Gasteiger partial charge in [0.25, 0.3) is 0 Å². The van der Waals surface area contributed by atoms with Crippen LogP contribution in [0, 0.1) is 11.6 Å². The van der Waals surface area contributed by atoms with Crippen molar-refractivity contribution in [2.75, 3.05) is 35.8 Å². The topological polar surface area (TPSA) is 162 Å². The standard InChI is InChI=1S/C15H15FN2O4S.C9H8BrFO2.C6H8N2O2S/c1-22-15(19)11-5-6-12(14(16)8-11)10-18(23(2,20)21)13-4-3-7-17-9-13;1-13-9(12)6-2-3-7(5-10)8(11)4-6;1-11(9,10)8-6-3-2-4-7-5-6/h3-9H,10H2,1-2H3;2-4H,5H2,1H3;2-5,8H,1H3. The lowest BCUT2D eigenvalue weighted by Crippen LogP contribution is -2.29. The largest absolute Gasteiger partial charge is 0.465 e. The Labute approximate surface area is 280 Å². The maximum absolute atomic E-state index is 14.2.